The highest BCUT2D eigenvalue weighted by atomic mass is 32.2. The molecule has 2 N–H and O–H groups in total. The summed E-state index contributed by atoms with van der Waals surface area (Å²) in [4.78, 5) is 36.2. The van der Waals surface area contributed by atoms with Gasteiger partial charge in [-0.25, -0.2) is 4.79 Å². The molecule has 0 aliphatic carbocycles. The number of hydrogen-bond donors (Lipinski definition) is 2. The van der Waals surface area contributed by atoms with Crippen LogP contribution in [0.25, 0.3) is 6.08 Å². The van der Waals surface area contributed by atoms with Gasteiger partial charge in [-0.15, -0.1) is 0 Å². The van der Waals surface area contributed by atoms with Gasteiger partial charge in [-0.1, -0.05) is 23.9 Å². The predicted octanol–water partition coefficient (Wildman–Crippen LogP) is 2.94. The van der Waals surface area contributed by atoms with Crippen LogP contribution in [0, 0.1) is 0 Å². The van der Waals surface area contributed by atoms with Gasteiger partial charge in [0.25, 0.3) is 11.8 Å². The van der Waals surface area contributed by atoms with E-state index in [0.717, 1.165) is 16.8 Å². The third kappa shape index (κ3) is 4.21. The van der Waals surface area contributed by atoms with Crippen molar-refractivity contribution in [2.75, 3.05) is 7.11 Å². The number of carboxylic acid groups (broad SMARTS) is 1. The molecule has 1 aliphatic heterocycles. The summed E-state index contributed by atoms with van der Waals surface area (Å²) < 4.78 is 5.24. The van der Waals surface area contributed by atoms with Gasteiger partial charge in [0, 0.05) is 5.56 Å². The first kappa shape index (κ1) is 19.6. The minimum absolute atomic E-state index is 0.149. The minimum Gasteiger partial charge on any atom is -0.497 e. The molecule has 142 valence electrons. The predicted molar refractivity (Wildman–Crippen MR) is 109 cm³/mol. The number of amides is 2. The van der Waals surface area contributed by atoms with E-state index < -0.39 is 17.8 Å². The number of thioether (sulfide) groups is 1. The van der Waals surface area contributed by atoms with Gasteiger partial charge in [-0.05, 0) is 60.3 Å². The number of carboxylic acids is 1. The van der Waals surface area contributed by atoms with E-state index in [1.165, 1.54) is 19.2 Å². The van der Waals surface area contributed by atoms with E-state index >= 15 is 0 Å². The van der Waals surface area contributed by atoms with E-state index in [4.69, 9.17) is 22.1 Å². The van der Waals surface area contributed by atoms with Crippen LogP contribution in [0.4, 0.5) is 0 Å². The number of carbonyl (C=O) groups excluding carboxylic acids is 2. The molecule has 1 heterocycles. The Hall–Kier alpha value is -3.17. The number of methoxy groups -OCH3 is 1. The highest BCUT2D eigenvalue weighted by Crippen LogP contribution is 2.31. The zero-order chi connectivity index (χ0) is 20.3. The second kappa shape index (κ2) is 8.24. The molecule has 0 aromatic heterocycles. The molecule has 0 radical (unpaired) electrons. The number of carbonyl (C=O) groups is 3. The van der Waals surface area contributed by atoms with Crippen molar-refractivity contribution in [1.82, 2.24) is 10.4 Å². The van der Waals surface area contributed by atoms with Crippen LogP contribution < -0.4 is 10.2 Å². The summed E-state index contributed by atoms with van der Waals surface area (Å²) in [5, 5.41) is 9.95. The second-order valence-corrected chi connectivity index (χ2v) is 7.29. The van der Waals surface area contributed by atoms with Crippen LogP contribution in [0.2, 0.25) is 0 Å². The van der Waals surface area contributed by atoms with E-state index in [1.54, 1.807) is 42.5 Å². The van der Waals surface area contributed by atoms with E-state index in [2.05, 4.69) is 5.43 Å². The molecule has 2 aromatic rings. The molecule has 1 fully saturated rings. The number of rotatable bonds is 5. The molecule has 3 rings (SSSR count). The van der Waals surface area contributed by atoms with Crippen molar-refractivity contribution >= 4 is 52.2 Å². The smallest absolute Gasteiger partial charge is 0.335 e. The van der Waals surface area contributed by atoms with Gasteiger partial charge in [0.05, 0.1) is 17.6 Å². The Morgan fingerprint density at radius 3 is 2.29 bits per heavy atom. The molecule has 9 heteroatoms. The van der Waals surface area contributed by atoms with Crippen LogP contribution in [-0.2, 0) is 4.79 Å². The van der Waals surface area contributed by atoms with Crippen molar-refractivity contribution < 1.29 is 24.2 Å². The van der Waals surface area contributed by atoms with Gasteiger partial charge >= 0.3 is 5.97 Å². The van der Waals surface area contributed by atoms with Crippen LogP contribution in [0.1, 0.15) is 26.3 Å². The summed E-state index contributed by atoms with van der Waals surface area (Å²) in [6, 6.07) is 12.5. The molecule has 0 atom stereocenters. The Kier molecular flexibility index (Phi) is 5.76. The molecule has 0 saturated carbocycles. The topological polar surface area (TPSA) is 95.9 Å². The highest BCUT2D eigenvalue weighted by molar-refractivity contribution is 8.26. The van der Waals surface area contributed by atoms with Crippen LogP contribution in [0.15, 0.2) is 53.4 Å². The molecular weight excluding hydrogens is 400 g/mol. The number of aromatic carboxylic acids is 1. The number of ether oxygens (including phenoxy) is 1. The number of thiocarbonyl (C=S) groups is 1. The van der Waals surface area contributed by atoms with E-state index in [0.29, 0.717) is 21.8 Å². The molecule has 0 bridgehead atoms. The Labute approximate surface area is 170 Å². The van der Waals surface area contributed by atoms with Crippen molar-refractivity contribution in [3.05, 3.63) is 70.1 Å². The lowest BCUT2D eigenvalue weighted by atomic mass is 10.1. The quantitative estimate of drug-likeness (QED) is 0.574. The SMILES string of the molecule is COc1ccc(C(=O)NN2C(=O)/C(=C\c3ccc(C(=O)O)cc3)SC2=S)cc1. The fourth-order valence-electron chi connectivity index (χ4n) is 2.35. The lowest BCUT2D eigenvalue weighted by Crippen LogP contribution is -2.44. The lowest BCUT2D eigenvalue weighted by Gasteiger charge is -2.15. The molecule has 1 aliphatic rings. The maximum Gasteiger partial charge on any atom is 0.335 e. The van der Waals surface area contributed by atoms with Crippen molar-refractivity contribution in [2.45, 2.75) is 0 Å². The molecule has 0 spiro atoms. The number of nitrogens with one attached hydrogen (secondary N) is 1. The minimum atomic E-state index is -1.03. The van der Waals surface area contributed by atoms with E-state index in [9.17, 15) is 14.4 Å². The normalized spacial score (nSPS) is 15.0. The molecule has 2 amide bonds. The van der Waals surface area contributed by atoms with Crippen molar-refractivity contribution in [1.29, 1.82) is 0 Å². The number of benzene rings is 2. The summed E-state index contributed by atoms with van der Waals surface area (Å²) >= 11 is 6.24. The van der Waals surface area contributed by atoms with Gasteiger partial charge in [0.2, 0.25) is 0 Å². The second-order valence-electron chi connectivity index (χ2n) is 5.61. The summed E-state index contributed by atoms with van der Waals surface area (Å²) in [6.45, 7) is 0. The monoisotopic (exact) mass is 414 g/mol. The number of nitrogens with zero attached hydrogens (tertiary/aromatic N) is 1. The number of hydrazine groups is 1. The van der Waals surface area contributed by atoms with Crippen LogP contribution in [-0.4, -0.2) is 39.3 Å². The molecular formula is C19H14N2O5S2. The third-order valence-electron chi connectivity index (χ3n) is 3.81. The Balaban J connectivity index is 1.73. The van der Waals surface area contributed by atoms with E-state index in [-0.39, 0.29) is 9.88 Å². The zero-order valence-electron chi connectivity index (χ0n) is 14.5. The largest absolute Gasteiger partial charge is 0.497 e. The molecule has 2 aromatic carbocycles. The summed E-state index contributed by atoms with van der Waals surface area (Å²) in [6.07, 6.45) is 1.59. The lowest BCUT2D eigenvalue weighted by molar-refractivity contribution is -0.123. The first-order chi connectivity index (χ1) is 13.4. The van der Waals surface area contributed by atoms with Crippen LogP contribution in [0.3, 0.4) is 0 Å². The van der Waals surface area contributed by atoms with Gasteiger partial charge in [-0.2, -0.15) is 5.01 Å². The van der Waals surface area contributed by atoms with Gasteiger partial charge in [0.1, 0.15) is 5.75 Å². The Morgan fingerprint density at radius 1 is 1.11 bits per heavy atom. The van der Waals surface area contributed by atoms with Crippen molar-refractivity contribution in [2.24, 2.45) is 0 Å². The average molecular weight is 414 g/mol. The van der Waals surface area contributed by atoms with Gasteiger partial charge in [-0.3, -0.25) is 15.0 Å². The van der Waals surface area contributed by atoms with Crippen LogP contribution >= 0.6 is 24.0 Å². The molecule has 28 heavy (non-hydrogen) atoms. The molecule has 0 unspecified atom stereocenters. The summed E-state index contributed by atoms with van der Waals surface area (Å²) in [7, 11) is 1.52. The number of hydrogen-bond acceptors (Lipinski definition) is 6. The fourth-order valence-corrected chi connectivity index (χ4v) is 3.53. The molecule has 1 saturated heterocycles. The first-order valence-electron chi connectivity index (χ1n) is 7.95. The average Bonchev–Trinajstić information content (AvgIpc) is 2.95. The van der Waals surface area contributed by atoms with Crippen molar-refractivity contribution in [3.63, 3.8) is 0 Å². The van der Waals surface area contributed by atoms with Gasteiger partial charge in [0.15, 0.2) is 4.32 Å². The van der Waals surface area contributed by atoms with Gasteiger partial charge < -0.3 is 9.84 Å². The van der Waals surface area contributed by atoms with E-state index in [1.807, 2.05) is 0 Å². The Bertz CT molecular complexity index is 984. The maximum atomic E-state index is 12.6. The first-order valence-corrected chi connectivity index (χ1v) is 9.18. The molecule has 7 nitrogen and oxygen atoms in total. The Morgan fingerprint density at radius 2 is 1.71 bits per heavy atom. The maximum absolute atomic E-state index is 12.6. The summed E-state index contributed by atoms with van der Waals surface area (Å²) in [5.74, 6) is -1.36. The van der Waals surface area contributed by atoms with Crippen LogP contribution in [0.5, 0.6) is 5.75 Å². The fraction of sp³-hybridized carbons (Fsp3) is 0.0526. The zero-order valence-corrected chi connectivity index (χ0v) is 16.2. The summed E-state index contributed by atoms with van der Waals surface area (Å²) in [5.41, 5.74) is 3.64. The van der Waals surface area contributed by atoms with Crippen molar-refractivity contribution in [3.8, 4) is 5.75 Å². The standard InChI is InChI=1S/C19H14N2O5S2/c1-26-14-8-6-12(7-9-14)16(22)20-21-17(23)15(28-19(21)27)10-11-2-4-13(5-3-11)18(24)25/h2-10H,1H3,(H,20,22)(H,24,25)/b15-10+. The third-order valence-corrected chi connectivity index (χ3v) is 5.12. The highest BCUT2D eigenvalue weighted by Gasteiger charge is 2.33.